The molecule has 0 aliphatic heterocycles. The third-order valence-electron chi connectivity index (χ3n) is 2.57. The fraction of sp³-hybridized carbons (Fsp3) is 0.467. The van der Waals surface area contributed by atoms with E-state index in [4.69, 9.17) is 9.84 Å². The molecule has 0 aliphatic rings. The fourth-order valence-electron chi connectivity index (χ4n) is 1.51. The molecule has 21 heavy (non-hydrogen) atoms. The maximum Gasteiger partial charge on any atom is 0.214 e. The van der Waals surface area contributed by atoms with Crippen LogP contribution in [0.15, 0.2) is 24.3 Å². The van der Waals surface area contributed by atoms with Crippen molar-refractivity contribution in [1.29, 1.82) is 0 Å². The first kappa shape index (κ1) is 17.7. The zero-order chi connectivity index (χ0) is 15.7. The highest BCUT2D eigenvalue weighted by molar-refractivity contribution is 7.89. The van der Waals surface area contributed by atoms with E-state index in [1.807, 2.05) is 13.8 Å². The minimum atomic E-state index is -3.34. The van der Waals surface area contributed by atoms with Crippen LogP contribution >= 0.6 is 0 Å². The van der Waals surface area contributed by atoms with Gasteiger partial charge in [-0.2, -0.15) is 0 Å². The standard InChI is InChI=1S/C15H21NO4S/c1-13(2)20-10-11-21(18,19)16-12-15-7-5-14(6-8-15)4-3-9-17/h5-8,13,16-17H,9-12H2,1-2H3. The second kappa shape index (κ2) is 8.80. The van der Waals surface area contributed by atoms with E-state index >= 15 is 0 Å². The summed E-state index contributed by atoms with van der Waals surface area (Å²) in [5.74, 6) is 5.28. The first-order valence-electron chi connectivity index (χ1n) is 6.70. The van der Waals surface area contributed by atoms with E-state index in [0.29, 0.717) is 0 Å². The number of sulfonamides is 1. The van der Waals surface area contributed by atoms with Gasteiger partial charge in [-0.05, 0) is 31.5 Å². The number of aliphatic hydroxyl groups excluding tert-OH is 1. The monoisotopic (exact) mass is 311 g/mol. The minimum Gasteiger partial charge on any atom is -0.384 e. The fourth-order valence-corrected chi connectivity index (χ4v) is 2.35. The van der Waals surface area contributed by atoms with E-state index in [-0.39, 0.29) is 31.6 Å². The van der Waals surface area contributed by atoms with Crippen molar-refractivity contribution in [3.8, 4) is 11.8 Å². The Balaban J connectivity index is 2.47. The van der Waals surface area contributed by atoms with E-state index in [1.54, 1.807) is 24.3 Å². The molecule has 5 nitrogen and oxygen atoms in total. The summed E-state index contributed by atoms with van der Waals surface area (Å²) in [6.45, 7) is 3.96. The van der Waals surface area contributed by atoms with Gasteiger partial charge in [-0.15, -0.1) is 0 Å². The van der Waals surface area contributed by atoms with Crippen LogP contribution in [0.2, 0.25) is 0 Å². The second-order valence-electron chi connectivity index (χ2n) is 4.72. The lowest BCUT2D eigenvalue weighted by Crippen LogP contribution is -2.28. The van der Waals surface area contributed by atoms with Crippen LogP contribution in [-0.4, -0.2) is 38.6 Å². The van der Waals surface area contributed by atoms with Crippen molar-refractivity contribution in [3.63, 3.8) is 0 Å². The van der Waals surface area contributed by atoms with Crippen LogP contribution in [0, 0.1) is 11.8 Å². The number of aliphatic hydroxyl groups is 1. The molecule has 1 aromatic carbocycles. The quantitative estimate of drug-likeness (QED) is 0.733. The zero-order valence-electron chi connectivity index (χ0n) is 12.3. The average Bonchev–Trinajstić information content (AvgIpc) is 2.43. The SMILES string of the molecule is CC(C)OCCS(=O)(=O)NCc1ccc(C#CCO)cc1. The first-order chi connectivity index (χ1) is 9.93. The van der Waals surface area contributed by atoms with Crippen LogP contribution in [0.25, 0.3) is 0 Å². The zero-order valence-corrected chi connectivity index (χ0v) is 13.1. The van der Waals surface area contributed by atoms with Gasteiger partial charge in [0.25, 0.3) is 0 Å². The summed E-state index contributed by atoms with van der Waals surface area (Å²) in [5.41, 5.74) is 1.62. The Hall–Kier alpha value is -1.39. The van der Waals surface area contributed by atoms with Gasteiger partial charge < -0.3 is 9.84 Å². The van der Waals surface area contributed by atoms with Crippen molar-refractivity contribution < 1.29 is 18.3 Å². The molecule has 0 aromatic heterocycles. The van der Waals surface area contributed by atoms with Crippen molar-refractivity contribution in [2.75, 3.05) is 19.0 Å². The molecule has 1 aromatic rings. The molecule has 0 saturated heterocycles. The lowest BCUT2D eigenvalue weighted by molar-refractivity contribution is 0.0911. The number of nitrogens with one attached hydrogen (secondary N) is 1. The molecule has 0 unspecified atom stereocenters. The molecule has 116 valence electrons. The molecule has 0 atom stereocenters. The van der Waals surface area contributed by atoms with Crippen LogP contribution in [0.4, 0.5) is 0 Å². The molecule has 0 radical (unpaired) electrons. The largest absolute Gasteiger partial charge is 0.384 e. The Morgan fingerprint density at radius 2 is 1.95 bits per heavy atom. The predicted octanol–water partition coefficient (Wildman–Crippen LogP) is 0.875. The van der Waals surface area contributed by atoms with Crippen LogP contribution in [0.5, 0.6) is 0 Å². The molecular weight excluding hydrogens is 290 g/mol. The number of hydrogen-bond acceptors (Lipinski definition) is 4. The summed E-state index contributed by atoms with van der Waals surface area (Å²) in [6.07, 6.45) is 0.0211. The van der Waals surface area contributed by atoms with Crippen molar-refractivity contribution in [3.05, 3.63) is 35.4 Å². The topological polar surface area (TPSA) is 75.6 Å². The van der Waals surface area contributed by atoms with E-state index in [2.05, 4.69) is 16.6 Å². The van der Waals surface area contributed by atoms with Gasteiger partial charge in [0.2, 0.25) is 10.0 Å². The van der Waals surface area contributed by atoms with Crippen LogP contribution in [-0.2, 0) is 21.3 Å². The highest BCUT2D eigenvalue weighted by atomic mass is 32.2. The minimum absolute atomic E-state index is 0.0211. The summed E-state index contributed by atoms with van der Waals surface area (Å²) >= 11 is 0. The molecule has 2 N–H and O–H groups in total. The average molecular weight is 311 g/mol. The van der Waals surface area contributed by atoms with E-state index in [9.17, 15) is 8.42 Å². The highest BCUT2D eigenvalue weighted by Gasteiger charge is 2.10. The molecular formula is C15H21NO4S. The maximum absolute atomic E-state index is 11.8. The Morgan fingerprint density at radius 3 is 2.52 bits per heavy atom. The molecule has 6 heteroatoms. The second-order valence-corrected chi connectivity index (χ2v) is 6.64. The van der Waals surface area contributed by atoms with E-state index < -0.39 is 10.0 Å². The van der Waals surface area contributed by atoms with Gasteiger partial charge in [0.15, 0.2) is 0 Å². The molecule has 0 saturated carbocycles. The van der Waals surface area contributed by atoms with Gasteiger partial charge in [-0.3, -0.25) is 0 Å². The smallest absolute Gasteiger partial charge is 0.214 e. The first-order valence-corrected chi connectivity index (χ1v) is 8.36. The van der Waals surface area contributed by atoms with Gasteiger partial charge >= 0.3 is 0 Å². The maximum atomic E-state index is 11.8. The van der Waals surface area contributed by atoms with Crippen LogP contribution in [0.1, 0.15) is 25.0 Å². The lowest BCUT2D eigenvalue weighted by atomic mass is 10.1. The number of rotatable bonds is 7. The van der Waals surface area contributed by atoms with Crippen molar-refractivity contribution in [1.82, 2.24) is 4.72 Å². The Morgan fingerprint density at radius 1 is 1.29 bits per heavy atom. The van der Waals surface area contributed by atoms with Gasteiger partial charge in [-0.1, -0.05) is 24.0 Å². The van der Waals surface area contributed by atoms with Crippen molar-refractivity contribution >= 4 is 10.0 Å². The van der Waals surface area contributed by atoms with Crippen molar-refractivity contribution in [2.45, 2.75) is 26.5 Å². The Bertz CT molecular complexity index is 582. The summed E-state index contributed by atoms with van der Waals surface area (Å²) in [6, 6.07) is 7.17. The molecule has 1 rings (SSSR count). The number of ether oxygens (including phenoxy) is 1. The summed E-state index contributed by atoms with van der Waals surface area (Å²) in [4.78, 5) is 0. The van der Waals surface area contributed by atoms with Gasteiger partial charge in [0, 0.05) is 12.1 Å². The summed E-state index contributed by atoms with van der Waals surface area (Å²) in [7, 11) is -3.34. The normalized spacial score (nSPS) is 11.2. The summed E-state index contributed by atoms with van der Waals surface area (Å²) < 4.78 is 31.3. The molecule has 0 heterocycles. The van der Waals surface area contributed by atoms with Crippen LogP contribution in [0.3, 0.4) is 0 Å². The van der Waals surface area contributed by atoms with Gasteiger partial charge in [0.05, 0.1) is 18.5 Å². The van der Waals surface area contributed by atoms with Crippen LogP contribution < -0.4 is 4.72 Å². The lowest BCUT2D eigenvalue weighted by Gasteiger charge is -2.09. The van der Waals surface area contributed by atoms with E-state index in [1.165, 1.54) is 0 Å². The third-order valence-corrected chi connectivity index (χ3v) is 3.85. The number of benzene rings is 1. The molecule has 0 aliphatic carbocycles. The van der Waals surface area contributed by atoms with Gasteiger partial charge in [-0.25, -0.2) is 13.1 Å². The molecule has 0 fully saturated rings. The predicted molar refractivity (Wildman–Crippen MR) is 82.1 cm³/mol. The van der Waals surface area contributed by atoms with E-state index in [0.717, 1.165) is 11.1 Å². The Kier molecular flexibility index (Phi) is 7.40. The third kappa shape index (κ3) is 7.83. The van der Waals surface area contributed by atoms with Gasteiger partial charge in [0.1, 0.15) is 6.61 Å². The molecule has 0 bridgehead atoms. The Labute approximate surface area is 126 Å². The highest BCUT2D eigenvalue weighted by Crippen LogP contribution is 2.04. The van der Waals surface area contributed by atoms with Crippen molar-refractivity contribution in [2.24, 2.45) is 0 Å². The summed E-state index contributed by atoms with van der Waals surface area (Å²) in [5, 5.41) is 8.60. The number of hydrogen-bond donors (Lipinski definition) is 2. The molecule has 0 amide bonds. The molecule has 0 spiro atoms.